The van der Waals surface area contributed by atoms with Crippen LogP contribution in [0, 0.1) is 0 Å². The first-order valence-corrected chi connectivity index (χ1v) is 4.26. The zero-order chi connectivity index (χ0) is 12.2. The SMILES string of the molecule is O=C(O)CCNc1ccc(C(F)(F)F)nn1. The highest BCUT2D eigenvalue weighted by atomic mass is 19.4. The van der Waals surface area contributed by atoms with Crippen molar-refractivity contribution in [2.75, 3.05) is 11.9 Å². The molecule has 0 radical (unpaired) electrons. The molecule has 5 nitrogen and oxygen atoms in total. The van der Waals surface area contributed by atoms with Crippen molar-refractivity contribution >= 4 is 11.8 Å². The number of carboxylic acids is 1. The first-order valence-electron chi connectivity index (χ1n) is 4.26. The molecule has 0 saturated heterocycles. The lowest BCUT2D eigenvalue weighted by molar-refractivity contribution is -0.141. The summed E-state index contributed by atoms with van der Waals surface area (Å²) in [6.45, 7) is 0.0787. The predicted octanol–water partition coefficient (Wildman–Crippen LogP) is 1.38. The number of anilines is 1. The standard InChI is InChI=1S/C8H8F3N3O2/c9-8(10,11)5-1-2-6(14-13-5)12-4-3-7(15)16/h1-2H,3-4H2,(H,12,14)(H,15,16). The zero-order valence-corrected chi connectivity index (χ0v) is 7.95. The van der Waals surface area contributed by atoms with Crippen molar-refractivity contribution in [2.24, 2.45) is 0 Å². The minimum Gasteiger partial charge on any atom is -0.481 e. The van der Waals surface area contributed by atoms with E-state index in [1.54, 1.807) is 0 Å². The van der Waals surface area contributed by atoms with Crippen molar-refractivity contribution in [3.63, 3.8) is 0 Å². The van der Waals surface area contributed by atoms with Crippen LogP contribution in [-0.4, -0.2) is 27.8 Å². The van der Waals surface area contributed by atoms with E-state index in [0.717, 1.165) is 12.1 Å². The first kappa shape index (κ1) is 12.2. The van der Waals surface area contributed by atoms with Gasteiger partial charge in [0.25, 0.3) is 0 Å². The molecule has 1 heterocycles. The molecule has 0 fully saturated rings. The second kappa shape index (κ2) is 4.77. The lowest BCUT2D eigenvalue weighted by atomic mass is 10.3. The number of aromatic nitrogens is 2. The van der Waals surface area contributed by atoms with Crippen molar-refractivity contribution in [3.8, 4) is 0 Å². The van der Waals surface area contributed by atoms with Gasteiger partial charge < -0.3 is 10.4 Å². The van der Waals surface area contributed by atoms with Gasteiger partial charge in [-0.15, -0.1) is 10.2 Å². The highest BCUT2D eigenvalue weighted by Gasteiger charge is 2.32. The van der Waals surface area contributed by atoms with Gasteiger partial charge >= 0.3 is 12.1 Å². The number of hydrogen-bond acceptors (Lipinski definition) is 4. The monoisotopic (exact) mass is 235 g/mol. The topological polar surface area (TPSA) is 75.1 Å². The van der Waals surface area contributed by atoms with E-state index in [2.05, 4.69) is 15.5 Å². The highest BCUT2D eigenvalue weighted by molar-refractivity contribution is 5.67. The Labute approximate surface area is 88.3 Å². The van der Waals surface area contributed by atoms with Crippen LogP contribution >= 0.6 is 0 Å². The predicted molar refractivity (Wildman–Crippen MR) is 47.8 cm³/mol. The van der Waals surface area contributed by atoms with Gasteiger partial charge in [0.05, 0.1) is 6.42 Å². The number of carboxylic acid groups (broad SMARTS) is 1. The third kappa shape index (κ3) is 3.71. The van der Waals surface area contributed by atoms with Crippen LogP contribution in [0.15, 0.2) is 12.1 Å². The van der Waals surface area contributed by atoms with Gasteiger partial charge in [-0.1, -0.05) is 0 Å². The summed E-state index contributed by atoms with van der Waals surface area (Å²) in [6, 6.07) is 1.87. The van der Waals surface area contributed by atoms with Crippen LogP contribution in [0.1, 0.15) is 12.1 Å². The Morgan fingerprint density at radius 2 is 2.06 bits per heavy atom. The molecule has 0 unspecified atom stereocenters. The average molecular weight is 235 g/mol. The molecular formula is C8H8F3N3O2. The van der Waals surface area contributed by atoms with E-state index in [4.69, 9.17) is 5.11 Å². The Hall–Kier alpha value is -1.86. The van der Waals surface area contributed by atoms with Crippen LogP contribution in [-0.2, 0) is 11.0 Å². The van der Waals surface area contributed by atoms with Crippen molar-refractivity contribution in [1.29, 1.82) is 0 Å². The number of nitrogens with one attached hydrogen (secondary N) is 1. The summed E-state index contributed by atoms with van der Waals surface area (Å²) in [4.78, 5) is 10.2. The van der Waals surface area contributed by atoms with Crippen molar-refractivity contribution in [2.45, 2.75) is 12.6 Å². The van der Waals surface area contributed by atoms with Gasteiger partial charge in [-0.05, 0) is 12.1 Å². The minimum absolute atomic E-state index is 0.0787. The fourth-order valence-electron chi connectivity index (χ4n) is 0.875. The summed E-state index contributed by atoms with van der Waals surface area (Å²) in [7, 11) is 0. The summed E-state index contributed by atoms with van der Waals surface area (Å²) in [5, 5.41) is 17.1. The Morgan fingerprint density at radius 3 is 2.50 bits per heavy atom. The van der Waals surface area contributed by atoms with E-state index >= 15 is 0 Å². The molecule has 0 bridgehead atoms. The molecule has 0 aliphatic rings. The van der Waals surface area contributed by atoms with E-state index in [1.165, 1.54) is 0 Å². The number of aliphatic carboxylic acids is 1. The summed E-state index contributed by atoms with van der Waals surface area (Å²) in [5.41, 5.74) is -1.09. The van der Waals surface area contributed by atoms with E-state index in [1.807, 2.05) is 0 Å². The molecule has 1 aromatic heterocycles. The van der Waals surface area contributed by atoms with Gasteiger partial charge in [-0.25, -0.2) is 0 Å². The Kier molecular flexibility index (Phi) is 3.64. The second-order valence-electron chi connectivity index (χ2n) is 2.87. The van der Waals surface area contributed by atoms with E-state index in [0.29, 0.717) is 0 Å². The fourth-order valence-corrected chi connectivity index (χ4v) is 0.875. The van der Waals surface area contributed by atoms with Crippen LogP contribution in [0.25, 0.3) is 0 Å². The molecule has 0 aromatic carbocycles. The van der Waals surface area contributed by atoms with Crippen LogP contribution < -0.4 is 5.32 Å². The number of carbonyl (C=O) groups is 1. The average Bonchev–Trinajstić information content (AvgIpc) is 2.16. The quantitative estimate of drug-likeness (QED) is 0.824. The number of alkyl halides is 3. The lowest BCUT2D eigenvalue weighted by Gasteiger charge is -2.06. The number of halogens is 3. The summed E-state index contributed by atoms with van der Waals surface area (Å²) in [5.74, 6) is -0.901. The van der Waals surface area contributed by atoms with Gasteiger partial charge in [0.15, 0.2) is 5.69 Å². The summed E-state index contributed by atoms with van der Waals surface area (Å²) in [6.07, 6.45) is -4.67. The van der Waals surface area contributed by atoms with E-state index in [-0.39, 0.29) is 18.8 Å². The van der Waals surface area contributed by atoms with Gasteiger partial charge in [-0.2, -0.15) is 13.2 Å². The first-order chi connectivity index (χ1) is 7.39. The van der Waals surface area contributed by atoms with Gasteiger partial charge in [0.2, 0.25) is 0 Å². The maximum absolute atomic E-state index is 12.1. The molecule has 0 saturated carbocycles. The van der Waals surface area contributed by atoms with Crippen LogP contribution in [0.4, 0.5) is 19.0 Å². The maximum atomic E-state index is 12.1. The molecule has 88 valence electrons. The molecule has 0 amide bonds. The number of nitrogens with zero attached hydrogens (tertiary/aromatic N) is 2. The molecule has 2 N–H and O–H groups in total. The molecule has 0 aliphatic carbocycles. The van der Waals surface area contributed by atoms with Gasteiger partial charge in [-0.3, -0.25) is 4.79 Å². The molecule has 16 heavy (non-hydrogen) atoms. The zero-order valence-electron chi connectivity index (χ0n) is 7.95. The highest BCUT2D eigenvalue weighted by Crippen LogP contribution is 2.26. The van der Waals surface area contributed by atoms with Crippen molar-refractivity contribution in [1.82, 2.24) is 10.2 Å². The number of hydrogen-bond donors (Lipinski definition) is 2. The molecular weight excluding hydrogens is 227 g/mol. The normalized spacial score (nSPS) is 11.2. The van der Waals surface area contributed by atoms with Crippen LogP contribution in [0.5, 0.6) is 0 Å². The Bertz CT molecular complexity index is 364. The van der Waals surface area contributed by atoms with Gasteiger partial charge in [0.1, 0.15) is 5.82 Å². The molecule has 1 rings (SSSR count). The molecule has 0 aliphatic heterocycles. The van der Waals surface area contributed by atoms with Crippen LogP contribution in [0.3, 0.4) is 0 Å². The Balaban J connectivity index is 2.55. The number of rotatable bonds is 4. The molecule has 8 heteroatoms. The fraction of sp³-hybridized carbons (Fsp3) is 0.375. The minimum atomic E-state index is -4.52. The van der Waals surface area contributed by atoms with Gasteiger partial charge in [0, 0.05) is 6.54 Å². The third-order valence-corrected chi connectivity index (χ3v) is 1.60. The second-order valence-corrected chi connectivity index (χ2v) is 2.87. The van der Waals surface area contributed by atoms with Crippen molar-refractivity contribution < 1.29 is 23.1 Å². The lowest BCUT2D eigenvalue weighted by Crippen LogP contribution is -2.12. The largest absolute Gasteiger partial charge is 0.481 e. The molecule has 0 spiro atoms. The molecule has 0 atom stereocenters. The maximum Gasteiger partial charge on any atom is 0.435 e. The smallest absolute Gasteiger partial charge is 0.435 e. The third-order valence-electron chi connectivity index (χ3n) is 1.60. The van der Waals surface area contributed by atoms with Crippen LogP contribution in [0.2, 0.25) is 0 Å². The molecule has 1 aromatic rings. The van der Waals surface area contributed by atoms with E-state index in [9.17, 15) is 18.0 Å². The Morgan fingerprint density at radius 1 is 1.38 bits per heavy atom. The summed E-state index contributed by atoms with van der Waals surface area (Å²) < 4.78 is 36.2. The summed E-state index contributed by atoms with van der Waals surface area (Å²) >= 11 is 0. The van der Waals surface area contributed by atoms with Crippen molar-refractivity contribution in [3.05, 3.63) is 17.8 Å². The van der Waals surface area contributed by atoms with E-state index < -0.39 is 17.8 Å².